The maximum absolute atomic E-state index is 13.6. The van der Waals surface area contributed by atoms with Crippen LogP contribution in [0.25, 0.3) is 5.57 Å². The van der Waals surface area contributed by atoms with E-state index < -0.39 is 5.82 Å². The zero-order valence-electron chi connectivity index (χ0n) is 11.3. The highest BCUT2D eigenvalue weighted by Crippen LogP contribution is 2.31. The number of rotatable bonds is 3. The van der Waals surface area contributed by atoms with Crippen molar-refractivity contribution in [1.29, 1.82) is 0 Å². The van der Waals surface area contributed by atoms with E-state index in [0.717, 1.165) is 11.3 Å². The van der Waals surface area contributed by atoms with Gasteiger partial charge >= 0.3 is 0 Å². The minimum absolute atomic E-state index is 0.178. The molecule has 0 bridgehead atoms. The summed E-state index contributed by atoms with van der Waals surface area (Å²) < 4.78 is 18.5. The van der Waals surface area contributed by atoms with Crippen molar-refractivity contribution in [1.82, 2.24) is 0 Å². The second-order valence-electron chi connectivity index (χ2n) is 4.55. The Morgan fingerprint density at radius 1 is 1.24 bits per heavy atom. The van der Waals surface area contributed by atoms with Crippen molar-refractivity contribution in [3.8, 4) is 5.75 Å². The third-order valence-corrected chi connectivity index (χ3v) is 3.25. The van der Waals surface area contributed by atoms with Crippen LogP contribution in [0.5, 0.6) is 5.75 Å². The predicted molar refractivity (Wildman–Crippen MR) is 79.6 cm³/mol. The van der Waals surface area contributed by atoms with Crippen molar-refractivity contribution >= 4 is 22.9 Å². The van der Waals surface area contributed by atoms with Gasteiger partial charge in [-0.25, -0.2) is 4.39 Å². The summed E-state index contributed by atoms with van der Waals surface area (Å²) in [6, 6.07) is 11.9. The number of hydrogen-bond acceptors (Lipinski definition) is 3. The lowest BCUT2D eigenvalue weighted by atomic mass is 10.1. The molecule has 2 aromatic carbocycles. The van der Waals surface area contributed by atoms with Gasteiger partial charge in [-0.1, -0.05) is 18.2 Å². The molecular weight excluding hydrogens is 271 g/mol. The minimum Gasteiger partial charge on any atom is -0.494 e. The standard InChI is InChI=1S/C16H13FN2O2/c1-21-15-7-6-10(8-13(15)17)18-9-12-11-4-2-3-5-14(11)19-16(12)20/h2-9,18H,1H3,(H,19,20)/b12-9+. The minimum atomic E-state index is -0.461. The van der Waals surface area contributed by atoms with Crippen LogP contribution in [0.4, 0.5) is 15.8 Å². The molecule has 0 atom stereocenters. The highest BCUT2D eigenvalue weighted by atomic mass is 19.1. The average molecular weight is 284 g/mol. The molecule has 1 amide bonds. The quantitative estimate of drug-likeness (QED) is 0.851. The average Bonchev–Trinajstić information content (AvgIpc) is 2.81. The predicted octanol–water partition coefficient (Wildman–Crippen LogP) is 3.24. The summed E-state index contributed by atoms with van der Waals surface area (Å²) in [7, 11) is 1.41. The first-order valence-corrected chi connectivity index (χ1v) is 6.40. The summed E-state index contributed by atoms with van der Waals surface area (Å²) in [6.07, 6.45) is 1.57. The number of halogens is 1. The number of ether oxygens (including phenoxy) is 1. The fourth-order valence-corrected chi connectivity index (χ4v) is 2.19. The van der Waals surface area contributed by atoms with Gasteiger partial charge in [0, 0.05) is 29.2 Å². The molecular formula is C16H13FN2O2. The van der Waals surface area contributed by atoms with Gasteiger partial charge in [0.1, 0.15) is 0 Å². The number of amides is 1. The second kappa shape index (κ2) is 5.28. The summed E-state index contributed by atoms with van der Waals surface area (Å²) in [5.41, 5.74) is 2.65. The molecule has 1 heterocycles. The van der Waals surface area contributed by atoms with E-state index >= 15 is 0 Å². The first-order chi connectivity index (χ1) is 10.2. The topological polar surface area (TPSA) is 50.4 Å². The van der Waals surface area contributed by atoms with Crippen molar-refractivity contribution in [2.75, 3.05) is 17.7 Å². The Morgan fingerprint density at radius 3 is 2.81 bits per heavy atom. The van der Waals surface area contributed by atoms with Gasteiger partial charge in [0.25, 0.3) is 5.91 Å². The van der Waals surface area contributed by atoms with Gasteiger partial charge in [-0.05, 0) is 18.2 Å². The van der Waals surface area contributed by atoms with Crippen molar-refractivity contribution in [3.05, 3.63) is 60.0 Å². The van der Waals surface area contributed by atoms with Crippen LogP contribution in [0.3, 0.4) is 0 Å². The normalized spacial score (nSPS) is 14.8. The lowest BCUT2D eigenvalue weighted by Gasteiger charge is -2.05. The van der Waals surface area contributed by atoms with Crippen LogP contribution in [-0.4, -0.2) is 13.0 Å². The third kappa shape index (κ3) is 2.45. The van der Waals surface area contributed by atoms with Crippen LogP contribution in [-0.2, 0) is 4.79 Å². The Labute approximate surface area is 121 Å². The van der Waals surface area contributed by atoms with Crippen molar-refractivity contribution in [3.63, 3.8) is 0 Å². The molecule has 5 heteroatoms. The molecule has 0 radical (unpaired) electrons. The molecule has 0 saturated heterocycles. The molecule has 1 aliphatic heterocycles. The summed E-state index contributed by atoms with van der Waals surface area (Å²) >= 11 is 0. The molecule has 0 aliphatic carbocycles. The maximum atomic E-state index is 13.6. The Morgan fingerprint density at radius 2 is 2.05 bits per heavy atom. The van der Waals surface area contributed by atoms with E-state index in [0.29, 0.717) is 11.3 Å². The molecule has 21 heavy (non-hydrogen) atoms. The van der Waals surface area contributed by atoms with Crippen LogP contribution < -0.4 is 15.4 Å². The lowest BCUT2D eigenvalue weighted by molar-refractivity contribution is -0.110. The smallest absolute Gasteiger partial charge is 0.257 e. The van der Waals surface area contributed by atoms with Crippen molar-refractivity contribution in [2.45, 2.75) is 0 Å². The fraction of sp³-hybridized carbons (Fsp3) is 0.0625. The van der Waals surface area contributed by atoms with E-state index in [9.17, 15) is 9.18 Å². The Bertz CT molecular complexity index is 741. The molecule has 3 rings (SSSR count). The zero-order valence-corrected chi connectivity index (χ0v) is 11.3. The molecule has 0 saturated carbocycles. The first-order valence-electron chi connectivity index (χ1n) is 6.40. The van der Waals surface area contributed by atoms with Crippen LogP contribution in [0.2, 0.25) is 0 Å². The molecule has 106 valence electrons. The summed E-state index contributed by atoms with van der Waals surface area (Å²) in [5, 5.41) is 5.70. The van der Waals surface area contributed by atoms with Crippen LogP contribution in [0.1, 0.15) is 5.56 Å². The zero-order chi connectivity index (χ0) is 14.8. The SMILES string of the molecule is COc1ccc(N/C=C2/C(=O)Nc3ccccc32)cc1F. The number of methoxy groups -OCH3 is 1. The molecule has 4 nitrogen and oxygen atoms in total. The van der Waals surface area contributed by atoms with Crippen molar-refractivity contribution < 1.29 is 13.9 Å². The number of anilines is 2. The van der Waals surface area contributed by atoms with Gasteiger partial charge in [0.2, 0.25) is 0 Å². The maximum Gasteiger partial charge on any atom is 0.257 e. The van der Waals surface area contributed by atoms with E-state index in [-0.39, 0.29) is 11.7 Å². The highest BCUT2D eigenvalue weighted by Gasteiger charge is 2.23. The number of carbonyl (C=O) groups excluding carboxylic acids is 1. The molecule has 0 spiro atoms. The van der Waals surface area contributed by atoms with E-state index in [1.54, 1.807) is 12.3 Å². The van der Waals surface area contributed by atoms with Crippen LogP contribution >= 0.6 is 0 Å². The van der Waals surface area contributed by atoms with Gasteiger partial charge in [0.05, 0.1) is 12.7 Å². The van der Waals surface area contributed by atoms with Gasteiger partial charge in [-0.15, -0.1) is 0 Å². The van der Waals surface area contributed by atoms with E-state index in [4.69, 9.17) is 4.74 Å². The third-order valence-electron chi connectivity index (χ3n) is 3.25. The largest absolute Gasteiger partial charge is 0.494 e. The lowest BCUT2D eigenvalue weighted by Crippen LogP contribution is -2.05. The monoisotopic (exact) mass is 284 g/mol. The summed E-state index contributed by atoms with van der Waals surface area (Å²) in [5.74, 6) is -0.466. The number of nitrogens with one attached hydrogen (secondary N) is 2. The first kappa shape index (κ1) is 13.2. The Hall–Kier alpha value is -2.82. The van der Waals surface area contributed by atoms with Crippen LogP contribution in [0.15, 0.2) is 48.7 Å². The van der Waals surface area contributed by atoms with Gasteiger partial charge < -0.3 is 15.4 Å². The molecule has 1 aliphatic rings. The Balaban J connectivity index is 1.86. The van der Waals surface area contributed by atoms with Gasteiger partial charge in [-0.2, -0.15) is 0 Å². The van der Waals surface area contributed by atoms with E-state index in [1.165, 1.54) is 19.2 Å². The number of hydrogen-bond donors (Lipinski definition) is 2. The summed E-state index contributed by atoms with van der Waals surface area (Å²) in [6.45, 7) is 0. The number of benzene rings is 2. The van der Waals surface area contributed by atoms with E-state index in [2.05, 4.69) is 10.6 Å². The molecule has 0 unspecified atom stereocenters. The number of fused-ring (bicyclic) bond motifs is 1. The molecule has 2 N–H and O–H groups in total. The van der Waals surface area contributed by atoms with Gasteiger partial charge in [0.15, 0.2) is 11.6 Å². The molecule has 2 aromatic rings. The van der Waals surface area contributed by atoms with Crippen LogP contribution in [0, 0.1) is 5.82 Å². The Kier molecular flexibility index (Phi) is 3.31. The molecule has 0 fully saturated rings. The van der Waals surface area contributed by atoms with Gasteiger partial charge in [-0.3, -0.25) is 4.79 Å². The fourth-order valence-electron chi connectivity index (χ4n) is 2.19. The van der Waals surface area contributed by atoms with E-state index in [1.807, 2.05) is 24.3 Å². The number of carbonyl (C=O) groups is 1. The van der Waals surface area contributed by atoms with Crippen molar-refractivity contribution in [2.24, 2.45) is 0 Å². The highest BCUT2D eigenvalue weighted by molar-refractivity contribution is 6.31. The summed E-state index contributed by atoms with van der Waals surface area (Å²) in [4.78, 5) is 11.9. The molecule has 0 aromatic heterocycles. The number of para-hydroxylation sites is 1. The second-order valence-corrected chi connectivity index (χ2v) is 4.55.